The normalized spacial score (nSPS) is 15.5. The molecule has 0 aromatic carbocycles. The number of nitrogens with one attached hydrogen (secondary N) is 2. The lowest BCUT2D eigenvalue weighted by Gasteiger charge is -2.22. The molecule has 1 aromatic heterocycles. The van der Waals surface area contributed by atoms with Crippen LogP contribution >= 0.6 is 0 Å². The Kier molecular flexibility index (Phi) is 6.39. The number of nitrogen functional groups attached to an aromatic ring is 1. The van der Waals surface area contributed by atoms with E-state index < -0.39 is 0 Å². The number of amides is 1. The Balaban J connectivity index is 1.86. The van der Waals surface area contributed by atoms with Gasteiger partial charge in [-0.3, -0.25) is 4.79 Å². The Bertz CT molecular complexity index is 489. The van der Waals surface area contributed by atoms with Gasteiger partial charge in [0.2, 0.25) is 5.95 Å². The molecule has 7 nitrogen and oxygen atoms in total. The third-order valence-corrected chi connectivity index (χ3v) is 3.77. The van der Waals surface area contributed by atoms with Gasteiger partial charge in [0, 0.05) is 32.5 Å². The van der Waals surface area contributed by atoms with Crippen LogP contribution in [0, 0.1) is 5.92 Å². The molecular formula is C15H25N5O2. The second-order valence-electron chi connectivity index (χ2n) is 5.54. The van der Waals surface area contributed by atoms with Crippen LogP contribution in [0.4, 0.5) is 11.8 Å². The molecule has 22 heavy (non-hydrogen) atoms. The van der Waals surface area contributed by atoms with Crippen molar-refractivity contribution in [2.75, 3.05) is 37.4 Å². The highest BCUT2D eigenvalue weighted by atomic mass is 16.5. The smallest absolute Gasteiger partial charge is 0.256 e. The lowest BCUT2D eigenvalue weighted by Crippen LogP contribution is -2.32. The summed E-state index contributed by atoms with van der Waals surface area (Å²) >= 11 is 0. The van der Waals surface area contributed by atoms with Crippen molar-refractivity contribution in [1.82, 2.24) is 15.3 Å². The summed E-state index contributed by atoms with van der Waals surface area (Å²) in [6, 6.07) is 0. The molecule has 0 saturated carbocycles. The van der Waals surface area contributed by atoms with Gasteiger partial charge in [-0.05, 0) is 25.2 Å². The van der Waals surface area contributed by atoms with Crippen LogP contribution in [-0.4, -0.2) is 42.2 Å². The van der Waals surface area contributed by atoms with Crippen molar-refractivity contribution in [3.63, 3.8) is 0 Å². The Hall–Kier alpha value is -1.89. The highest BCUT2D eigenvalue weighted by molar-refractivity contribution is 5.98. The number of ether oxygens (including phenoxy) is 1. The molecule has 0 radical (unpaired) electrons. The number of carbonyl (C=O) groups excluding carboxylic acids is 1. The summed E-state index contributed by atoms with van der Waals surface area (Å²) in [7, 11) is 0. The molecule has 1 fully saturated rings. The van der Waals surface area contributed by atoms with E-state index in [1.165, 1.54) is 6.20 Å². The summed E-state index contributed by atoms with van der Waals surface area (Å²) in [6.07, 6.45) is 5.57. The van der Waals surface area contributed by atoms with Crippen molar-refractivity contribution in [3.05, 3.63) is 11.8 Å². The second kappa shape index (κ2) is 8.53. The first-order valence-corrected chi connectivity index (χ1v) is 7.93. The molecule has 0 aliphatic carbocycles. The molecule has 0 unspecified atom stereocenters. The number of anilines is 2. The standard InChI is InChI=1S/C15H25N5O2/c1-2-3-6-17-15-19-10-12(13(16)20-15)14(21)18-9-11-4-7-22-8-5-11/h10-11H,2-9H2,1H3,(H,18,21)(H3,16,17,19,20). The maximum Gasteiger partial charge on any atom is 0.256 e. The topological polar surface area (TPSA) is 102 Å². The zero-order valence-corrected chi connectivity index (χ0v) is 13.1. The van der Waals surface area contributed by atoms with Gasteiger partial charge in [0.25, 0.3) is 5.91 Å². The zero-order chi connectivity index (χ0) is 15.8. The van der Waals surface area contributed by atoms with Crippen molar-refractivity contribution < 1.29 is 9.53 Å². The summed E-state index contributed by atoms with van der Waals surface area (Å²) < 4.78 is 5.30. The summed E-state index contributed by atoms with van der Waals surface area (Å²) in [5.74, 6) is 0.921. The van der Waals surface area contributed by atoms with E-state index in [0.717, 1.165) is 45.4 Å². The van der Waals surface area contributed by atoms with Crippen LogP contribution in [0.3, 0.4) is 0 Å². The van der Waals surface area contributed by atoms with E-state index in [0.29, 0.717) is 24.0 Å². The number of nitrogens with two attached hydrogens (primary N) is 1. The molecule has 2 rings (SSSR count). The van der Waals surface area contributed by atoms with Crippen LogP contribution in [0.15, 0.2) is 6.20 Å². The summed E-state index contributed by atoms with van der Waals surface area (Å²) in [4.78, 5) is 20.4. The van der Waals surface area contributed by atoms with Crippen LogP contribution in [0.1, 0.15) is 43.0 Å². The van der Waals surface area contributed by atoms with E-state index in [1.54, 1.807) is 0 Å². The number of carbonyl (C=O) groups is 1. The van der Waals surface area contributed by atoms with Gasteiger partial charge in [-0.2, -0.15) is 4.98 Å². The number of nitrogens with zero attached hydrogens (tertiary/aromatic N) is 2. The van der Waals surface area contributed by atoms with Crippen molar-refractivity contribution in [2.24, 2.45) is 5.92 Å². The maximum atomic E-state index is 12.2. The molecule has 1 aromatic rings. The molecule has 4 N–H and O–H groups in total. The van der Waals surface area contributed by atoms with E-state index >= 15 is 0 Å². The zero-order valence-electron chi connectivity index (χ0n) is 13.1. The fourth-order valence-electron chi connectivity index (χ4n) is 2.31. The molecule has 122 valence electrons. The van der Waals surface area contributed by atoms with Gasteiger partial charge in [-0.1, -0.05) is 13.3 Å². The maximum absolute atomic E-state index is 12.2. The Morgan fingerprint density at radius 3 is 2.91 bits per heavy atom. The van der Waals surface area contributed by atoms with Gasteiger partial charge in [0.1, 0.15) is 5.82 Å². The number of unbranched alkanes of at least 4 members (excludes halogenated alkanes) is 1. The second-order valence-corrected chi connectivity index (χ2v) is 5.54. The highest BCUT2D eigenvalue weighted by Gasteiger charge is 2.17. The summed E-state index contributed by atoms with van der Waals surface area (Å²) in [6.45, 7) is 5.08. The SMILES string of the molecule is CCCCNc1ncc(C(=O)NCC2CCOCC2)c(N)n1. The van der Waals surface area contributed by atoms with E-state index in [-0.39, 0.29) is 11.7 Å². The van der Waals surface area contributed by atoms with Gasteiger partial charge < -0.3 is 21.1 Å². The third kappa shape index (κ3) is 4.84. The third-order valence-electron chi connectivity index (χ3n) is 3.77. The van der Waals surface area contributed by atoms with Gasteiger partial charge in [0.05, 0.1) is 5.56 Å². The molecular weight excluding hydrogens is 282 g/mol. The molecule has 1 aliphatic rings. The van der Waals surface area contributed by atoms with Crippen LogP contribution in [-0.2, 0) is 4.74 Å². The summed E-state index contributed by atoms with van der Waals surface area (Å²) in [5, 5.41) is 5.99. The minimum absolute atomic E-state index is 0.207. The minimum atomic E-state index is -0.218. The molecule has 1 aliphatic heterocycles. The predicted octanol–water partition coefficient (Wildman–Crippen LogP) is 1.43. The molecule has 7 heteroatoms. The first-order valence-electron chi connectivity index (χ1n) is 7.93. The molecule has 1 amide bonds. The van der Waals surface area contributed by atoms with Crippen LogP contribution in [0.25, 0.3) is 0 Å². The van der Waals surface area contributed by atoms with Crippen molar-refractivity contribution in [1.29, 1.82) is 0 Å². The Morgan fingerprint density at radius 2 is 2.23 bits per heavy atom. The number of hydrogen-bond donors (Lipinski definition) is 3. The monoisotopic (exact) mass is 307 g/mol. The Labute approximate surface area is 131 Å². The molecule has 1 saturated heterocycles. The first-order chi connectivity index (χ1) is 10.7. The highest BCUT2D eigenvalue weighted by Crippen LogP contribution is 2.14. The van der Waals surface area contributed by atoms with Crippen molar-refractivity contribution in [2.45, 2.75) is 32.6 Å². The van der Waals surface area contributed by atoms with E-state index in [4.69, 9.17) is 10.5 Å². The van der Waals surface area contributed by atoms with Gasteiger partial charge in [-0.25, -0.2) is 4.98 Å². The number of aromatic nitrogens is 2. The fraction of sp³-hybridized carbons (Fsp3) is 0.667. The van der Waals surface area contributed by atoms with Crippen LogP contribution in [0.2, 0.25) is 0 Å². The quantitative estimate of drug-likeness (QED) is 0.659. The predicted molar refractivity (Wildman–Crippen MR) is 85.7 cm³/mol. The summed E-state index contributed by atoms with van der Waals surface area (Å²) in [5.41, 5.74) is 6.19. The van der Waals surface area contributed by atoms with E-state index in [9.17, 15) is 4.79 Å². The average molecular weight is 307 g/mol. The molecule has 0 bridgehead atoms. The number of rotatable bonds is 7. The Morgan fingerprint density at radius 1 is 1.45 bits per heavy atom. The average Bonchev–Trinajstić information content (AvgIpc) is 2.54. The number of hydrogen-bond acceptors (Lipinski definition) is 6. The van der Waals surface area contributed by atoms with Crippen molar-refractivity contribution >= 4 is 17.7 Å². The van der Waals surface area contributed by atoms with E-state index in [2.05, 4.69) is 27.5 Å². The lowest BCUT2D eigenvalue weighted by atomic mass is 10.0. The van der Waals surface area contributed by atoms with Gasteiger partial charge in [-0.15, -0.1) is 0 Å². The largest absolute Gasteiger partial charge is 0.383 e. The van der Waals surface area contributed by atoms with Crippen LogP contribution in [0.5, 0.6) is 0 Å². The van der Waals surface area contributed by atoms with E-state index in [1.807, 2.05) is 0 Å². The molecule has 0 spiro atoms. The van der Waals surface area contributed by atoms with Crippen LogP contribution < -0.4 is 16.4 Å². The fourth-order valence-corrected chi connectivity index (χ4v) is 2.31. The minimum Gasteiger partial charge on any atom is -0.383 e. The molecule has 2 heterocycles. The van der Waals surface area contributed by atoms with Gasteiger partial charge in [0.15, 0.2) is 0 Å². The lowest BCUT2D eigenvalue weighted by molar-refractivity contribution is 0.0642. The first kappa shape index (κ1) is 16.5. The van der Waals surface area contributed by atoms with Crippen molar-refractivity contribution in [3.8, 4) is 0 Å². The molecule has 0 atom stereocenters. The van der Waals surface area contributed by atoms with Gasteiger partial charge >= 0.3 is 0 Å².